The topological polar surface area (TPSA) is 29.5 Å². The Hall–Kier alpha value is -0.860. The van der Waals surface area contributed by atoms with E-state index in [1.165, 1.54) is 25.7 Å². The van der Waals surface area contributed by atoms with E-state index < -0.39 is 6.10 Å². The first-order valence-corrected chi connectivity index (χ1v) is 7.58. The van der Waals surface area contributed by atoms with Crippen LogP contribution in [-0.4, -0.2) is 17.8 Å². The molecule has 0 spiro atoms. The smallest absolute Gasteiger partial charge is 0.0812 e. The van der Waals surface area contributed by atoms with Crippen molar-refractivity contribution in [3.05, 3.63) is 35.9 Å². The van der Waals surface area contributed by atoms with Crippen LogP contribution in [0.4, 0.5) is 0 Å². The highest BCUT2D eigenvalue weighted by atomic mass is 16.5. The van der Waals surface area contributed by atoms with E-state index in [4.69, 9.17) is 4.74 Å². The molecule has 0 fully saturated rings. The molecule has 108 valence electrons. The molecule has 1 N–H and O–H groups in total. The fraction of sp³-hybridized carbons (Fsp3) is 0.647. The van der Waals surface area contributed by atoms with Gasteiger partial charge in [-0.05, 0) is 18.9 Å². The van der Waals surface area contributed by atoms with E-state index in [1.807, 2.05) is 30.3 Å². The van der Waals surface area contributed by atoms with Crippen LogP contribution in [0.1, 0.15) is 64.0 Å². The number of rotatable bonds is 10. The van der Waals surface area contributed by atoms with Gasteiger partial charge in [0.05, 0.1) is 12.2 Å². The largest absolute Gasteiger partial charge is 0.388 e. The van der Waals surface area contributed by atoms with Crippen LogP contribution in [0.2, 0.25) is 0 Å². The van der Waals surface area contributed by atoms with Gasteiger partial charge in [0, 0.05) is 13.0 Å². The summed E-state index contributed by atoms with van der Waals surface area (Å²) in [5, 5.41) is 10.00. The van der Waals surface area contributed by atoms with Crippen molar-refractivity contribution in [2.45, 2.75) is 64.6 Å². The predicted molar refractivity (Wildman–Crippen MR) is 80.2 cm³/mol. The van der Waals surface area contributed by atoms with Crippen molar-refractivity contribution in [1.29, 1.82) is 0 Å². The maximum Gasteiger partial charge on any atom is 0.0812 e. The number of aliphatic hydroxyl groups excluding tert-OH is 1. The summed E-state index contributed by atoms with van der Waals surface area (Å²) in [7, 11) is 0. The fourth-order valence-corrected chi connectivity index (χ4v) is 2.16. The molecule has 1 aromatic rings. The molecule has 0 heterocycles. The zero-order chi connectivity index (χ0) is 13.9. The molecule has 2 nitrogen and oxygen atoms in total. The molecule has 0 aliphatic heterocycles. The molecule has 0 amide bonds. The zero-order valence-corrected chi connectivity index (χ0v) is 12.3. The van der Waals surface area contributed by atoms with E-state index in [-0.39, 0.29) is 0 Å². The van der Waals surface area contributed by atoms with E-state index in [0.717, 1.165) is 12.0 Å². The van der Waals surface area contributed by atoms with E-state index in [2.05, 4.69) is 13.8 Å². The molecule has 1 aromatic carbocycles. The van der Waals surface area contributed by atoms with Gasteiger partial charge in [-0.15, -0.1) is 0 Å². The second-order valence-electron chi connectivity index (χ2n) is 5.25. The van der Waals surface area contributed by atoms with Crippen molar-refractivity contribution < 1.29 is 9.84 Å². The molecule has 2 heteroatoms. The van der Waals surface area contributed by atoms with Crippen molar-refractivity contribution in [3.8, 4) is 0 Å². The maximum absolute atomic E-state index is 10.00. The van der Waals surface area contributed by atoms with E-state index in [1.54, 1.807) is 0 Å². The van der Waals surface area contributed by atoms with Crippen LogP contribution in [0.3, 0.4) is 0 Å². The third-order valence-electron chi connectivity index (χ3n) is 3.44. The summed E-state index contributed by atoms with van der Waals surface area (Å²) in [6.45, 7) is 4.98. The monoisotopic (exact) mass is 264 g/mol. The summed E-state index contributed by atoms with van der Waals surface area (Å²) in [5.74, 6) is 0. The summed E-state index contributed by atoms with van der Waals surface area (Å²) in [6, 6.07) is 9.79. The summed E-state index contributed by atoms with van der Waals surface area (Å²) in [4.78, 5) is 0. The van der Waals surface area contributed by atoms with Gasteiger partial charge in [0.1, 0.15) is 0 Å². The Morgan fingerprint density at radius 1 is 1.05 bits per heavy atom. The van der Waals surface area contributed by atoms with Crippen LogP contribution in [0, 0.1) is 0 Å². The Morgan fingerprint density at radius 3 is 2.47 bits per heavy atom. The van der Waals surface area contributed by atoms with Gasteiger partial charge in [-0.3, -0.25) is 0 Å². The minimum atomic E-state index is -0.409. The standard InChI is InChI=1S/C17H28O2/c1-3-4-5-7-10-15(2)19-14-13-17(18)16-11-8-6-9-12-16/h6,8-9,11-12,15,17-18H,3-5,7,10,13-14H2,1-2H3. The van der Waals surface area contributed by atoms with Crippen molar-refractivity contribution in [2.75, 3.05) is 6.61 Å². The van der Waals surface area contributed by atoms with Crippen LogP contribution in [0.25, 0.3) is 0 Å². The minimum absolute atomic E-state index is 0.305. The van der Waals surface area contributed by atoms with E-state index in [0.29, 0.717) is 19.1 Å². The molecule has 2 unspecified atom stereocenters. The highest BCUT2D eigenvalue weighted by Crippen LogP contribution is 2.16. The number of aliphatic hydroxyl groups is 1. The average molecular weight is 264 g/mol. The lowest BCUT2D eigenvalue weighted by atomic mass is 10.1. The van der Waals surface area contributed by atoms with Crippen molar-refractivity contribution in [3.63, 3.8) is 0 Å². The van der Waals surface area contributed by atoms with Crippen molar-refractivity contribution in [2.24, 2.45) is 0 Å². The first-order valence-electron chi connectivity index (χ1n) is 7.58. The molecule has 0 aliphatic rings. The van der Waals surface area contributed by atoms with Gasteiger partial charge in [0.15, 0.2) is 0 Å². The maximum atomic E-state index is 10.00. The molecule has 0 aromatic heterocycles. The molecule has 0 aliphatic carbocycles. The van der Waals surface area contributed by atoms with Gasteiger partial charge in [0.25, 0.3) is 0 Å². The number of unbranched alkanes of at least 4 members (excludes halogenated alkanes) is 3. The zero-order valence-electron chi connectivity index (χ0n) is 12.3. The fourth-order valence-electron chi connectivity index (χ4n) is 2.16. The number of benzene rings is 1. The first-order chi connectivity index (χ1) is 9.24. The molecular formula is C17H28O2. The van der Waals surface area contributed by atoms with Crippen LogP contribution in [0.15, 0.2) is 30.3 Å². The lowest BCUT2D eigenvalue weighted by Gasteiger charge is -2.15. The van der Waals surface area contributed by atoms with E-state index in [9.17, 15) is 5.11 Å². The molecule has 2 atom stereocenters. The minimum Gasteiger partial charge on any atom is -0.388 e. The highest BCUT2D eigenvalue weighted by molar-refractivity contribution is 5.16. The molecular weight excluding hydrogens is 236 g/mol. The number of hydrogen-bond donors (Lipinski definition) is 1. The second-order valence-corrected chi connectivity index (χ2v) is 5.25. The van der Waals surface area contributed by atoms with Crippen LogP contribution < -0.4 is 0 Å². The Labute approximate surface area is 117 Å². The molecule has 0 saturated heterocycles. The number of ether oxygens (including phenoxy) is 1. The van der Waals surface area contributed by atoms with Crippen LogP contribution >= 0.6 is 0 Å². The van der Waals surface area contributed by atoms with Gasteiger partial charge in [0.2, 0.25) is 0 Å². The molecule has 0 saturated carbocycles. The lowest BCUT2D eigenvalue weighted by Crippen LogP contribution is -2.11. The summed E-state index contributed by atoms with van der Waals surface area (Å²) < 4.78 is 5.75. The second kappa shape index (κ2) is 9.99. The lowest BCUT2D eigenvalue weighted by molar-refractivity contribution is 0.0320. The first kappa shape index (κ1) is 16.2. The van der Waals surface area contributed by atoms with Crippen LogP contribution in [-0.2, 0) is 4.74 Å². The molecule has 0 radical (unpaired) electrons. The summed E-state index contributed by atoms with van der Waals surface area (Å²) >= 11 is 0. The summed E-state index contributed by atoms with van der Waals surface area (Å²) in [5.41, 5.74) is 0.974. The Bertz CT molecular complexity index is 310. The van der Waals surface area contributed by atoms with Crippen molar-refractivity contribution >= 4 is 0 Å². The summed E-state index contributed by atoms with van der Waals surface area (Å²) in [6.07, 6.45) is 6.84. The predicted octanol–water partition coefficient (Wildman–Crippen LogP) is 4.49. The van der Waals surface area contributed by atoms with Gasteiger partial charge in [-0.2, -0.15) is 0 Å². The average Bonchev–Trinajstić information content (AvgIpc) is 2.44. The Morgan fingerprint density at radius 2 is 1.79 bits per heavy atom. The van der Waals surface area contributed by atoms with E-state index >= 15 is 0 Å². The Kier molecular flexibility index (Phi) is 8.52. The third kappa shape index (κ3) is 7.34. The molecule has 0 bridgehead atoms. The van der Waals surface area contributed by atoms with Crippen LogP contribution in [0.5, 0.6) is 0 Å². The van der Waals surface area contributed by atoms with Gasteiger partial charge >= 0.3 is 0 Å². The highest BCUT2D eigenvalue weighted by Gasteiger charge is 2.08. The normalized spacial score (nSPS) is 14.3. The SMILES string of the molecule is CCCCCCC(C)OCCC(O)c1ccccc1. The quantitative estimate of drug-likeness (QED) is 0.631. The third-order valence-corrected chi connectivity index (χ3v) is 3.44. The van der Waals surface area contributed by atoms with Gasteiger partial charge < -0.3 is 9.84 Å². The Balaban J connectivity index is 2.09. The number of hydrogen-bond acceptors (Lipinski definition) is 2. The van der Waals surface area contributed by atoms with Gasteiger partial charge in [-0.1, -0.05) is 62.9 Å². The molecule has 1 rings (SSSR count). The molecule has 19 heavy (non-hydrogen) atoms. The van der Waals surface area contributed by atoms with Crippen molar-refractivity contribution in [1.82, 2.24) is 0 Å². The van der Waals surface area contributed by atoms with Gasteiger partial charge in [-0.25, -0.2) is 0 Å².